The summed E-state index contributed by atoms with van der Waals surface area (Å²) < 4.78 is 5.74. The van der Waals surface area contributed by atoms with Gasteiger partial charge in [-0.1, -0.05) is 32.0 Å². The Morgan fingerprint density at radius 1 is 1.17 bits per heavy atom. The second-order valence-electron chi connectivity index (χ2n) is 5.71. The molecule has 2 aromatic rings. The predicted octanol–water partition coefficient (Wildman–Crippen LogP) is 3.85. The van der Waals surface area contributed by atoms with Crippen LogP contribution in [-0.2, 0) is 4.79 Å². The number of carbonyl (C=O) groups is 1. The van der Waals surface area contributed by atoms with E-state index >= 15 is 0 Å². The third-order valence-corrected chi connectivity index (χ3v) is 3.64. The van der Waals surface area contributed by atoms with Crippen molar-refractivity contribution in [2.24, 2.45) is 0 Å². The number of nitrogens with zero attached hydrogens (tertiary/aromatic N) is 2. The standard InChI is InChI=1S/C19H20N2O2/c1-13(2)15-7-6-8-16(11-15)23-14(3)19(22)17(12-20)18-9-4-5-10-21-18/h4-11,13-14,17H,1-3H3/t14-,17-/m1/s1. The Labute approximate surface area is 136 Å². The second kappa shape index (κ2) is 7.55. The predicted molar refractivity (Wildman–Crippen MR) is 88.2 cm³/mol. The van der Waals surface area contributed by atoms with Crippen molar-refractivity contribution in [2.75, 3.05) is 0 Å². The quantitative estimate of drug-likeness (QED) is 0.813. The molecule has 1 aromatic heterocycles. The molecule has 2 atom stereocenters. The highest BCUT2D eigenvalue weighted by Gasteiger charge is 2.27. The molecule has 2 rings (SSSR count). The first-order valence-electron chi connectivity index (χ1n) is 7.63. The molecule has 0 radical (unpaired) electrons. The van der Waals surface area contributed by atoms with Gasteiger partial charge in [-0.05, 0) is 42.7 Å². The van der Waals surface area contributed by atoms with Gasteiger partial charge in [0.25, 0.3) is 0 Å². The summed E-state index contributed by atoms with van der Waals surface area (Å²) in [4.78, 5) is 16.6. The number of ketones is 1. The molecule has 23 heavy (non-hydrogen) atoms. The first-order valence-corrected chi connectivity index (χ1v) is 7.63. The highest BCUT2D eigenvalue weighted by molar-refractivity contribution is 5.91. The van der Waals surface area contributed by atoms with Gasteiger partial charge in [-0.25, -0.2) is 0 Å². The highest BCUT2D eigenvalue weighted by atomic mass is 16.5. The van der Waals surface area contributed by atoms with Crippen LogP contribution in [0.25, 0.3) is 0 Å². The summed E-state index contributed by atoms with van der Waals surface area (Å²) in [5, 5.41) is 9.32. The Balaban J connectivity index is 2.13. The smallest absolute Gasteiger partial charge is 0.196 e. The molecule has 0 aliphatic heterocycles. The average molecular weight is 308 g/mol. The molecular weight excluding hydrogens is 288 g/mol. The van der Waals surface area contributed by atoms with Gasteiger partial charge in [0.15, 0.2) is 17.8 Å². The van der Waals surface area contributed by atoms with Crippen LogP contribution in [0, 0.1) is 11.3 Å². The number of aromatic nitrogens is 1. The van der Waals surface area contributed by atoms with Crippen LogP contribution in [0.15, 0.2) is 48.7 Å². The molecule has 0 bridgehead atoms. The van der Waals surface area contributed by atoms with Crippen LogP contribution < -0.4 is 4.74 Å². The van der Waals surface area contributed by atoms with Crippen molar-refractivity contribution in [1.82, 2.24) is 4.98 Å². The molecule has 0 spiro atoms. The van der Waals surface area contributed by atoms with Crippen molar-refractivity contribution in [1.29, 1.82) is 5.26 Å². The van der Waals surface area contributed by atoms with E-state index in [0.29, 0.717) is 17.4 Å². The number of rotatable bonds is 6. The van der Waals surface area contributed by atoms with E-state index in [-0.39, 0.29) is 5.78 Å². The van der Waals surface area contributed by atoms with Crippen LogP contribution in [-0.4, -0.2) is 16.9 Å². The van der Waals surface area contributed by atoms with E-state index in [2.05, 4.69) is 18.8 Å². The van der Waals surface area contributed by atoms with E-state index in [0.717, 1.165) is 5.56 Å². The Kier molecular flexibility index (Phi) is 5.48. The van der Waals surface area contributed by atoms with Crippen molar-refractivity contribution in [2.45, 2.75) is 38.7 Å². The SMILES string of the molecule is CC(C)c1cccc(O[C@H](C)C(=O)[C@H](C#N)c2ccccn2)c1. The lowest BCUT2D eigenvalue weighted by molar-refractivity contribution is -0.125. The lowest BCUT2D eigenvalue weighted by Gasteiger charge is -2.17. The van der Waals surface area contributed by atoms with Gasteiger partial charge < -0.3 is 4.74 Å². The fourth-order valence-electron chi connectivity index (χ4n) is 2.27. The molecule has 1 aromatic carbocycles. The van der Waals surface area contributed by atoms with Crippen LogP contribution in [0.4, 0.5) is 0 Å². The number of ether oxygens (including phenoxy) is 1. The minimum atomic E-state index is -0.917. The first kappa shape index (κ1) is 16.7. The number of Topliss-reactive ketones (excluding diaryl/α,β-unsaturated/α-hetero) is 1. The third-order valence-electron chi connectivity index (χ3n) is 3.64. The summed E-state index contributed by atoms with van der Waals surface area (Å²) >= 11 is 0. The molecule has 0 fully saturated rings. The minimum Gasteiger partial charge on any atom is -0.483 e. The molecule has 0 aliphatic carbocycles. The van der Waals surface area contributed by atoms with Crippen molar-refractivity contribution in [3.05, 3.63) is 59.9 Å². The highest BCUT2D eigenvalue weighted by Crippen LogP contribution is 2.23. The van der Waals surface area contributed by atoms with Crippen molar-refractivity contribution in [3.63, 3.8) is 0 Å². The fraction of sp³-hybridized carbons (Fsp3) is 0.316. The fourth-order valence-corrected chi connectivity index (χ4v) is 2.27. The van der Waals surface area contributed by atoms with E-state index in [1.165, 1.54) is 0 Å². The van der Waals surface area contributed by atoms with Gasteiger partial charge in [-0.15, -0.1) is 0 Å². The van der Waals surface area contributed by atoms with Gasteiger partial charge in [0, 0.05) is 6.20 Å². The van der Waals surface area contributed by atoms with Crippen molar-refractivity contribution >= 4 is 5.78 Å². The Morgan fingerprint density at radius 3 is 2.57 bits per heavy atom. The monoisotopic (exact) mass is 308 g/mol. The normalized spacial score (nSPS) is 13.2. The lowest BCUT2D eigenvalue weighted by Crippen LogP contribution is -2.29. The topological polar surface area (TPSA) is 63.0 Å². The van der Waals surface area contributed by atoms with Gasteiger partial charge in [-0.3, -0.25) is 9.78 Å². The van der Waals surface area contributed by atoms with E-state index in [1.54, 1.807) is 31.3 Å². The number of pyridine rings is 1. The summed E-state index contributed by atoms with van der Waals surface area (Å²) in [6.07, 6.45) is 0.856. The summed E-state index contributed by atoms with van der Waals surface area (Å²) in [6, 6.07) is 14.9. The maximum absolute atomic E-state index is 12.5. The largest absolute Gasteiger partial charge is 0.483 e. The maximum atomic E-state index is 12.5. The first-order chi connectivity index (χ1) is 11.0. The Hall–Kier alpha value is -2.67. The molecule has 0 N–H and O–H groups in total. The minimum absolute atomic E-state index is 0.291. The Morgan fingerprint density at radius 2 is 1.96 bits per heavy atom. The molecule has 4 nitrogen and oxygen atoms in total. The molecular formula is C19H20N2O2. The van der Waals surface area contributed by atoms with Crippen LogP contribution in [0.5, 0.6) is 5.75 Å². The van der Waals surface area contributed by atoms with E-state index in [4.69, 9.17) is 4.74 Å². The van der Waals surface area contributed by atoms with Gasteiger partial charge in [0.2, 0.25) is 0 Å². The zero-order valence-electron chi connectivity index (χ0n) is 13.6. The number of nitriles is 1. The van der Waals surface area contributed by atoms with Crippen molar-refractivity contribution < 1.29 is 9.53 Å². The number of benzene rings is 1. The second-order valence-corrected chi connectivity index (χ2v) is 5.71. The van der Waals surface area contributed by atoms with Gasteiger partial charge in [-0.2, -0.15) is 5.26 Å². The molecule has 118 valence electrons. The molecule has 0 saturated heterocycles. The molecule has 0 aliphatic rings. The van der Waals surface area contributed by atoms with E-state index < -0.39 is 12.0 Å². The number of hydrogen-bond donors (Lipinski definition) is 0. The summed E-state index contributed by atoms with van der Waals surface area (Å²) in [5.74, 6) is -0.194. The van der Waals surface area contributed by atoms with E-state index in [9.17, 15) is 10.1 Å². The van der Waals surface area contributed by atoms with Gasteiger partial charge >= 0.3 is 0 Å². The molecule has 0 unspecified atom stereocenters. The summed E-state index contributed by atoms with van der Waals surface area (Å²) in [5.41, 5.74) is 1.59. The molecule has 0 saturated carbocycles. The number of carbonyl (C=O) groups excluding carboxylic acids is 1. The van der Waals surface area contributed by atoms with E-state index in [1.807, 2.05) is 30.3 Å². The zero-order chi connectivity index (χ0) is 16.8. The Bertz CT molecular complexity index is 705. The number of hydrogen-bond acceptors (Lipinski definition) is 4. The lowest BCUT2D eigenvalue weighted by atomic mass is 9.97. The summed E-state index contributed by atoms with van der Waals surface area (Å²) in [7, 11) is 0. The van der Waals surface area contributed by atoms with Crippen LogP contribution in [0.1, 0.15) is 43.9 Å². The molecule has 1 heterocycles. The molecule has 4 heteroatoms. The van der Waals surface area contributed by atoms with Gasteiger partial charge in [0.05, 0.1) is 11.8 Å². The zero-order valence-corrected chi connectivity index (χ0v) is 13.6. The maximum Gasteiger partial charge on any atom is 0.196 e. The third kappa shape index (κ3) is 4.17. The van der Waals surface area contributed by atoms with Crippen LogP contribution in [0.2, 0.25) is 0 Å². The molecule has 0 amide bonds. The van der Waals surface area contributed by atoms with Crippen LogP contribution >= 0.6 is 0 Å². The van der Waals surface area contributed by atoms with Crippen molar-refractivity contribution in [3.8, 4) is 11.8 Å². The van der Waals surface area contributed by atoms with Crippen LogP contribution in [0.3, 0.4) is 0 Å². The van der Waals surface area contributed by atoms with Gasteiger partial charge in [0.1, 0.15) is 5.75 Å². The summed E-state index contributed by atoms with van der Waals surface area (Å²) in [6.45, 7) is 5.86. The average Bonchev–Trinajstić information content (AvgIpc) is 2.56.